The molecule has 2 aliphatic rings. The predicted molar refractivity (Wildman–Crippen MR) is 119 cm³/mol. The number of aliphatic imine (C=N–C) groups is 1. The van der Waals surface area contributed by atoms with E-state index in [2.05, 4.69) is 15.6 Å². The fourth-order valence-electron chi connectivity index (χ4n) is 3.51. The first kappa shape index (κ1) is 22.7. The molecule has 0 bridgehead atoms. The van der Waals surface area contributed by atoms with Crippen LogP contribution < -0.4 is 10.6 Å². The second kappa shape index (κ2) is 9.76. The SMILES string of the molecule is C/C=C\n1cnc(C2N=C(N(C)CC(=O)NC(C)(C)C)C3=C(CCC3)N2)c1.CC. The van der Waals surface area contributed by atoms with E-state index in [1.807, 2.05) is 76.5 Å². The van der Waals surface area contributed by atoms with Crippen molar-refractivity contribution in [2.45, 2.75) is 72.5 Å². The van der Waals surface area contributed by atoms with Gasteiger partial charge < -0.3 is 20.1 Å². The Balaban J connectivity index is 0.00000145. The van der Waals surface area contributed by atoms with Crippen molar-refractivity contribution >= 4 is 17.9 Å². The molecule has 1 unspecified atom stereocenters. The van der Waals surface area contributed by atoms with Gasteiger partial charge in [-0.15, -0.1) is 0 Å². The molecule has 1 aliphatic carbocycles. The van der Waals surface area contributed by atoms with Crippen LogP contribution in [0.3, 0.4) is 0 Å². The Morgan fingerprint density at radius 3 is 2.76 bits per heavy atom. The number of allylic oxidation sites excluding steroid dienone is 2. The van der Waals surface area contributed by atoms with Gasteiger partial charge in [-0.05, 0) is 47.0 Å². The summed E-state index contributed by atoms with van der Waals surface area (Å²) in [6.45, 7) is 12.2. The lowest BCUT2D eigenvalue weighted by Gasteiger charge is -2.30. The van der Waals surface area contributed by atoms with E-state index in [4.69, 9.17) is 4.99 Å². The van der Waals surface area contributed by atoms with Crippen LogP contribution in [-0.4, -0.2) is 45.3 Å². The van der Waals surface area contributed by atoms with E-state index in [9.17, 15) is 4.79 Å². The van der Waals surface area contributed by atoms with Crippen LogP contribution in [0.4, 0.5) is 0 Å². The van der Waals surface area contributed by atoms with Crippen molar-refractivity contribution < 1.29 is 4.79 Å². The van der Waals surface area contributed by atoms with Gasteiger partial charge in [0.25, 0.3) is 0 Å². The van der Waals surface area contributed by atoms with Crippen LogP contribution in [0.5, 0.6) is 0 Å². The highest BCUT2D eigenvalue weighted by Crippen LogP contribution is 2.33. The predicted octanol–water partition coefficient (Wildman–Crippen LogP) is 3.68. The van der Waals surface area contributed by atoms with E-state index in [0.717, 1.165) is 30.8 Å². The van der Waals surface area contributed by atoms with Gasteiger partial charge in [-0.25, -0.2) is 9.98 Å². The highest BCUT2D eigenvalue weighted by molar-refractivity contribution is 6.01. The number of hydrogen-bond acceptors (Lipinski definition) is 5. The molecular formula is C22H36N6O. The third-order valence-corrected chi connectivity index (χ3v) is 4.53. The Morgan fingerprint density at radius 2 is 2.10 bits per heavy atom. The van der Waals surface area contributed by atoms with Gasteiger partial charge >= 0.3 is 0 Å². The Labute approximate surface area is 175 Å². The number of aromatic nitrogens is 2. The van der Waals surface area contributed by atoms with E-state index in [0.29, 0.717) is 0 Å². The molecule has 0 aromatic carbocycles. The Bertz CT molecular complexity index is 796. The quantitative estimate of drug-likeness (QED) is 0.808. The summed E-state index contributed by atoms with van der Waals surface area (Å²) in [6, 6.07) is 0. The Morgan fingerprint density at radius 1 is 1.38 bits per heavy atom. The molecule has 0 saturated carbocycles. The van der Waals surface area contributed by atoms with Crippen molar-refractivity contribution in [3.8, 4) is 0 Å². The smallest absolute Gasteiger partial charge is 0.239 e. The highest BCUT2D eigenvalue weighted by Gasteiger charge is 2.30. The van der Waals surface area contributed by atoms with Crippen LogP contribution in [-0.2, 0) is 4.79 Å². The van der Waals surface area contributed by atoms with Gasteiger partial charge in [0.15, 0.2) is 6.17 Å². The second-order valence-electron chi connectivity index (χ2n) is 8.19. The third kappa shape index (κ3) is 5.95. The van der Waals surface area contributed by atoms with E-state index in [1.165, 1.54) is 11.3 Å². The van der Waals surface area contributed by atoms with Crippen LogP contribution in [0.2, 0.25) is 0 Å². The molecule has 1 aromatic rings. The van der Waals surface area contributed by atoms with Crippen molar-refractivity contribution in [1.82, 2.24) is 25.1 Å². The minimum absolute atomic E-state index is 0.000269. The maximum absolute atomic E-state index is 12.4. The zero-order valence-electron chi connectivity index (χ0n) is 18.9. The summed E-state index contributed by atoms with van der Waals surface area (Å²) in [7, 11) is 1.94. The molecule has 0 fully saturated rings. The first-order chi connectivity index (χ1) is 13.8. The van der Waals surface area contributed by atoms with Crippen LogP contribution in [0, 0.1) is 0 Å². The van der Waals surface area contributed by atoms with Crippen molar-refractivity contribution in [3.63, 3.8) is 0 Å². The van der Waals surface area contributed by atoms with Crippen LogP contribution in [0.1, 0.15) is 72.7 Å². The minimum Gasteiger partial charge on any atom is -0.362 e. The lowest BCUT2D eigenvalue weighted by atomic mass is 10.1. The number of carbonyl (C=O) groups is 1. The number of nitrogens with one attached hydrogen (secondary N) is 2. The number of imidazole rings is 1. The number of likely N-dealkylation sites (N-methyl/N-ethyl adjacent to an activating group) is 1. The summed E-state index contributed by atoms with van der Waals surface area (Å²) in [5.41, 5.74) is 3.09. The van der Waals surface area contributed by atoms with Crippen LogP contribution in [0.15, 0.2) is 34.9 Å². The van der Waals surface area contributed by atoms with Crippen molar-refractivity contribution in [2.75, 3.05) is 13.6 Å². The normalized spacial score (nSPS) is 18.6. The van der Waals surface area contributed by atoms with Crippen LogP contribution in [0.25, 0.3) is 6.20 Å². The molecule has 3 rings (SSSR count). The van der Waals surface area contributed by atoms with Gasteiger partial charge in [-0.2, -0.15) is 0 Å². The average Bonchev–Trinajstić information content (AvgIpc) is 3.30. The van der Waals surface area contributed by atoms with Gasteiger partial charge in [-0.1, -0.05) is 19.9 Å². The summed E-state index contributed by atoms with van der Waals surface area (Å²) in [5, 5.41) is 6.55. The van der Waals surface area contributed by atoms with Gasteiger partial charge in [0.1, 0.15) is 11.5 Å². The molecular weight excluding hydrogens is 364 g/mol. The molecule has 7 heteroatoms. The first-order valence-electron chi connectivity index (χ1n) is 10.5. The molecule has 7 nitrogen and oxygen atoms in total. The molecule has 2 heterocycles. The zero-order valence-corrected chi connectivity index (χ0v) is 18.9. The van der Waals surface area contributed by atoms with E-state index < -0.39 is 0 Å². The molecule has 160 valence electrons. The number of carbonyl (C=O) groups excluding carboxylic acids is 1. The molecule has 0 saturated heterocycles. The second-order valence-corrected chi connectivity index (χ2v) is 8.19. The summed E-state index contributed by atoms with van der Waals surface area (Å²) in [5.74, 6) is 0.899. The van der Waals surface area contributed by atoms with E-state index in [1.54, 1.807) is 6.33 Å². The fraction of sp³-hybridized carbons (Fsp3) is 0.591. The monoisotopic (exact) mass is 400 g/mol. The number of nitrogens with zero attached hydrogens (tertiary/aromatic N) is 4. The summed E-state index contributed by atoms with van der Waals surface area (Å²) in [6.07, 6.45) is 10.6. The maximum Gasteiger partial charge on any atom is 0.239 e. The average molecular weight is 401 g/mol. The number of rotatable bonds is 4. The van der Waals surface area contributed by atoms with Crippen molar-refractivity contribution in [1.29, 1.82) is 0 Å². The van der Waals surface area contributed by atoms with Gasteiger partial charge in [0, 0.05) is 36.3 Å². The molecule has 1 amide bonds. The van der Waals surface area contributed by atoms with Gasteiger partial charge in [-0.3, -0.25) is 4.79 Å². The molecule has 1 aromatic heterocycles. The topological polar surface area (TPSA) is 74.5 Å². The lowest BCUT2D eigenvalue weighted by molar-refractivity contribution is -0.122. The highest BCUT2D eigenvalue weighted by atomic mass is 16.2. The summed E-state index contributed by atoms with van der Waals surface area (Å²) >= 11 is 0. The maximum atomic E-state index is 12.4. The Kier molecular flexibility index (Phi) is 7.65. The van der Waals surface area contributed by atoms with Gasteiger partial charge in [0.2, 0.25) is 5.91 Å². The molecule has 2 N–H and O–H groups in total. The standard InChI is InChI=1S/C20H30N6O.C2H6/c1-6-10-26-11-16(21-13-26)18-22-15-9-7-8-14(15)19(23-18)25(5)12-17(27)24-20(2,3)4;1-2/h6,10-11,13,18,22H,7-9,12H2,1-5H3,(H,24,27);1-2H3/b10-6-;. The molecule has 0 radical (unpaired) electrons. The van der Waals surface area contributed by atoms with Crippen molar-refractivity contribution in [3.05, 3.63) is 35.6 Å². The van der Waals surface area contributed by atoms with E-state index in [-0.39, 0.29) is 24.2 Å². The van der Waals surface area contributed by atoms with Crippen LogP contribution >= 0.6 is 0 Å². The van der Waals surface area contributed by atoms with Gasteiger partial charge in [0.05, 0.1) is 12.9 Å². The molecule has 1 aliphatic heterocycles. The fourth-order valence-corrected chi connectivity index (χ4v) is 3.51. The minimum atomic E-state index is -0.242. The van der Waals surface area contributed by atoms with E-state index >= 15 is 0 Å². The number of amidine groups is 1. The Hall–Kier alpha value is -2.57. The first-order valence-corrected chi connectivity index (χ1v) is 10.5. The summed E-state index contributed by atoms with van der Waals surface area (Å²) < 4.78 is 1.92. The summed E-state index contributed by atoms with van der Waals surface area (Å²) in [4.78, 5) is 23.7. The van der Waals surface area contributed by atoms with Crippen molar-refractivity contribution in [2.24, 2.45) is 4.99 Å². The molecule has 0 spiro atoms. The number of amides is 1. The lowest BCUT2D eigenvalue weighted by Crippen LogP contribution is -2.47. The third-order valence-electron chi connectivity index (χ3n) is 4.53. The number of hydrogen-bond donors (Lipinski definition) is 2. The largest absolute Gasteiger partial charge is 0.362 e. The molecule has 1 atom stereocenters. The molecule has 29 heavy (non-hydrogen) atoms. The zero-order chi connectivity index (χ0) is 21.6.